The minimum absolute atomic E-state index is 0.0397. The molecule has 0 aliphatic heterocycles. The van der Waals surface area contributed by atoms with Crippen molar-refractivity contribution in [3.63, 3.8) is 0 Å². The quantitative estimate of drug-likeness (QED) is 0.0389. The van der Waals surface area contributed by atoms with Gasteiger partial charge in [0.2, 0.25) is 11.8 Å². The van der Waals surface area contributed by atoms with E-state index in [0.29, 0.717) is 43.4 Å². The maximum Gasteiger partial charge on any atom is 0.313 e. The van der Waals surface area contributed by atoms with E-state index in [1.807, 2.05) is 4.90 Å². The smallest absolute Gasteiger partial charge is 0.313 e. The number of quaternary nitrogens is 1. The average molecular weight is 784 g/mol. The molecular formula is C42H79N4O9+. The third-order valence-electron chi connectivity index (χ3n) is 10.3. The Labute approximate surface area is 332 Å². The van der Waals surface area contributed by atoms with Crippen molar-refractivity contribution in [3.05, 3.63) is 0 Å². The summed E-state index contributed by atoms with van der Waals surface area (Å²) in [6.45, 7) is 14.5. The van der Waals surface area contributed by atoms with E-state index in [1.54, 1.807) is 0 Å². The number of carbonyl (C=O) groups excluding carboxylic acids is 3. The number of hydrogen-bond donors (Lipinski definition) is 4. The standard InChI is InChI=1S/C42H78N4O9/c1-34(2)16-10-7-13-19-37(47)43-25-32-46(31-24-42(54)55,39(49)21-15-9-12-18-36(5)6)33-30-44(26-22-40(50)51)28-29-45(27-23-41(52)53)38(48)20-14-8-11-17-35(3)4/h34-36H,7-33H2,1-6H3,(H3-,43,47,50,51,52,53,54,55)/p+1. The molecule has 0 aromatic carbocycles. The molecule has 0 aliphatic carbocycles. The van der Waals surface area contributed by atoms with Gasteiger partial charge in [-0.15, -0.1) is 0 Å². The Morgan fingerprint density at radius 2 is 0.982 bits per heavy atom. The van der Waals surface area contributed by atoms with Gasteiger partial charge in [0.1, 0.15) is 6.54 Å². The van der Waals surface area contributed by atoms with Crippen LogP contribution >= 0.6 is 0 Å². The summed E-state index contributed by atoms with van der Waals surface area (Å²) in [7, 11) is 0. The largest absolute Gasteiger partial charge is 0.481 e. The Balaban J connectivity index is 6.06. The molecule has 4 N–H and O–H groups in total. The molecule has 0 bridgehead atoms. The van der Waals surface area contributed by atoms with Crippen LogP contribution < -0.4 is 5.32 Å². The first-order valence-electron chi connectivity index (χ1n) is 21.3. The van der Waals surface area contributed by atoms with E-state index in [2.05, 4.69) is 46.9 Å². The zero-order chi connectivity index (χ0) is 41.6. The first-order chi connectivity index (χ1) is 26.0. The van der Waals surface area contributed by atoms with Crippen molar-refractivity contribution in [3.8, 4) is 0 Å². The second kappa shape index (κ2) is 31.1. The summed E-state index contributed by atoms with van der Waals surface area (Å²) >= 11 is 0. The summed E-state index contributed by atoms with van der Waals surface area (Å²) in [5, 5.41) is 31.6. The molecule has 1 atom stereocenters. The van der Waals surface area contributed by atoms with E-state index < -0.39 is 17.9 Å². The fraction of sp³-hybridized carbons (Fsp3) is 0.857. The summed E-state index contributed by atoms with van der Waals surface area (Å²) < 4.78 is -0.160. The highest BCUT2D eigenvalue weighted by Crippen LogP contribution is 2.18. The highest BCUT2D eigenvalue weighted by atomic mass is 16.4. The van der Waals surface area contributed by atoms with Crippen LogP contribution in [0, 0.1) is 17.8 Å². The van der Waals surface area contributed by atoms with Gasteiger partial charge in [0.25, 0.3) is 0 Å². The van der Waals surface area contributed by atoms with Crippen LogP contribution in [0.1, 0.15) is 157 Å². The van der Waals surface area contributed by atoms with Crippen LogP contribution in [0.3, 0.4) is 0 Å². The molecule has 0 radical (unpaired) electrons. The van der Waals surface area contributed by atoms with Crippen molar-refractivity contribution < 1.29 is 48.6 Å². The van der Waals surface area contributed by atoms with Gasteiger partial charge in [-0.2, -0.15) is 0 Å². The summed E-state index contributed by atoms with van der Waals surface area (Å²) in [5.41, 5.74) is 0. The molecule has 0 spiro atoms. The van der Waals surface area contributed by atoms with E-state index >= 15 is 0 Å². The molecule has 0 aromatic heterocycles. The third kappa shape index (κ3) is 28.9. The topological polar surface area (TPSA) is 182 Å². The van der Waals surface area contributed by atoms with Gasteiger partial charge in [0, 0.05) is 45.6 Å². The van der Waals surface area contributed by atoms with Crippen molar-refractivity contribution >= 4 is 35.6 Å². The minimum atomic E-state index is -1.03. The molecule has 3 amide bonds. The Hall–Kier alpha value is -3.06. The average Bonchev–Trinajstić information content (AvgIpc) is 3.09. The molecule has 0 saturated carbocycles. The first kappa shape index (κ1) is 51.9. The van der Waals surface area contributed by atoms with Gasteiger partial charge in [-0.05, 0) is 37.0 Å². The zero-order valence-corrected chi connectivity index (χ0v) is 35.5. The number of carboxylic acids is 3. The number of rotatable bonds is 36. The van der Waals surface area contributed by atoms with Crippen LogP contribution in [-0.2, 0) is 28.8 Å². The van der Waals surface area contributed by atoms with Crippen LogP contribution in [0.25, 0.3) is 0 Å². The third-order valence-corrected chi connectivity index (χ3v) is 10.3. The molecule has 1 unspecified atom stereocenters. The summed E-state index contributed by atoms with van der Waals surface area (Å²) in [5.74, 6) is -1.62. The number of unbranched alkanes of at least 4 members (excludes halogenated alkanes) is 6. The lowest BCUT2D eigenvalue weighted by Gasteiger charge is -2.38. The highest BCUT2D eigenvalue weighted by Gasteiger charge is 2.37. The monoisotopic (exact) mass is 784 g/mol. The van der Waals surface area contributed by atoms with Gasteiger partial charge in [0.05, 0.1) is 45.3 Å². The molecule has 0 fully saturated rings. The fourth-order valence-electron chi connectivity index (χ4n) is 6.71. The lowest BCUT2D eigenvalue weighted by molar-refractivity contribution is -0.852. The second-order valence-corrected chi connectivity index (χ2v) is 16.7. The highest BCUT2D eigenvalue weighted by molar-refractivity contribution is 5.77. The van der Waals surface area contributed by atoms with E-state index in [0.717, 1.165) is 64.2 Å². The number of carboxylic acid groups (broad SMARTS) is 3. The van der Waals surface area contributed by atoms with Crippen LogP contribution in [0.15, 0.2) is 0 Å². The molecule has 0 aromatic rings. The molecule has 0 aliphatic rings. The molecule has 55 heavy (non-hydrogen) atoms. The maximum atomic E-state index is 14.2. The lowest BCUT2D eigenvalue weighted by Crippen LogP contribution is -2.59. The maximum absolute atomic E-state index is 14.2. The second-order valence-electron chi connectivity index (χ2n) is 16.7. The van der Waals surface area contributed by atoms with Crippen molar-refractivity contribution in [2.24, 2.45) is 17.8 Å². The molecule has 0 saturated heterocycles. The Morgan fingerprint density at radius 1 is 0.491 bits per heavy atom. The lowest BCUT2D eigenvalue weighted by atomic mass is 10.0. The van der Waals surface area contributed by atoms with Crippen molar-refractivity contribution in [1.82, 2.24) is 15.1 Å². The first-order valence-corrected chi connectivity index (χ1v) is 21.3. The van der Waals surface area contributed by atoms with Gasteiger partial charge in [-0.3, -0.25) is 33.4 Å². The Bertz CT molecular complexity index is 1110. The predicted molar refractivity (Wildman–Crippen MR) is 216 cm³/mol. The summed E-state index contributed by atoms with van der Waals surface area (Å²) in [6.07, 6.45) is 11.5. The fourth-order valence-corrected chi connectivity index (χ4v) is 6.71. The number of carbonyl (C=O) groups is 6. The molecular weight excluding hydrogens is 704 g/mol. The molecule has 13 heteroatoms. The summed E-state index contributed by atoms with van der Waals surface area (Å²) in [4.78, 5) is 78.6. The van der Waals surface area contributed by atoms with Gasteiger partial charge in [0.15, 0.2) is 0 Å². The number of nitrogens with zero attached hydrogens (tertiary/aromatic N) is 3. The number of nitrogens with one attached hydrogen (secondary N) is 1. The van der Waals surface area contributed by atoms with Gasteiger partial charge < -0.3 is 25.5 Å². The zero-order valence-electron chi connectivity index (χ0n) is 35.5. The molecule has 13 nitrogen and oxygen atoms in total. The molecule has 320 valence electrons. The van der Waals surface area contributed by atoms with Crippen LogP contribution in [0.4, 0.5) is 0 Å². The Morgan fingerprint density at radius 3 is 1.49 bits per heavy atom. The van der Waals surface area contributed by atoms with E-state index in [9.17, 15) is 44.1 Å². The number of amides is 3. The van der Waals surface area contributed by atoms with Gasteiger partial charge in [-0.25, -0.2) is 4.79 Å². The van der Waals surface area contributed by atoms with E-state index in [4.69, 9.17) is 0 Å². The molecule has 0 rings (SSSR count). The van der Waals surface area contributed by atoms with E-state index in [-0.39, 0.29) is 107 Å². The van der Waals surface area contributed by atoms with Crippen molar-refractivity contribution in [2.75, 3.05) is 58.9 Å². The number of aliphatic carboxylic acids is 3. The SMILES string of the molecule is CC(C)CCCCCC(=O)NCC[N+](CCC(=O)O)(CCN(CCC(=O)O)CCN(CCC(=O)O)C(=O)CCCCCC(C)C)C(=O)CCCCCC(C)C. The number of hydrogen-bond acceptors (Lipinski definition) is 7. The van der Waals surface area contributed by atoms with Crippen molar-refractivity contribution in [1.29, 1.82) is 0 Å². The van der Waals surface area contributed by atoms with Crippen molar-refractivity contribution in [2.45, 2.75) is 157 Å². The van der Waals surface area contributed by atoms with Crippen LogP contribution in [-0.4, -0.2) is 124 Å². The van der Waals surface area contributed by atoms with Crippen LogP contribution in [0.2, 0.25) is 0 Å². The molecule has 0 heterocycles. The van der Waals surface area contributed by atoms with Crippen LogP contribution in [0.5, 0.6) is 0 Å². The minimum Gasteiger partial charge on any atom is -0.481 e. The Kier molecular flexibility index (Phi) is 29.3. The van der Waals surface area contributed by atoms with E-state index in [1.165, 1.54) is 4.90 Å². The summed E-state index contributed by atoms with van der Waals surface area (Å²) in [6, 6.07) is 0. The van der Waals surface area contributed by atoms with Gasteiger partial charge >= 0.3 is 23.8 Å². The predicted octanol–water partition coefficient (Wildman–Crippen LogP) is 6.82. The van der Waals surface area contributed by atoms with Gasteiger partial charge in [-0.1, -0.05) is 99.3 Å². The normalized spacial score (nSPS) is 12.7.